The zero-order valence-electron chi connectivity index (χ0n) is 14.5. The highest BCUT2D eigenvalue weighted by Crippen LogP contribution is 2.16. The molecule has 0 atom stereocenters. The van der Waals surface area contributed by atoms with E-state index in [-0.39, 0.29) is 11.3 Å². The topological polar surface area (TPSA) is 90.9 Å². The van der Waals surface area contributed by atoms with E-state index >= 15 is 0 Å². The van der Waals surface area contributed by atoms with Crippen molar-refractivity contribution in [1.82, 2.24) is 0 Å². The molecule has 7 nitrogen and oxygen atoms in total. The molecular weight excluding hydrogens is 338 g/mol. The van der Waals surface area contributed by atoms with Crippen LogP contribution in [0.5, 0.6) is 0 Å². The first-order valence-electron chi connectivity index (χ1n) is 7.77. The van der Waals surface area contributed by atoms with E-state index in [4.69, 9.17) is 9.47 Å². The van der Waals surface area contributed by atoms with Crippen molar-refractivity contribution in [3.63, 3.8) is 0 Å². The zero-order valence-corrected chi connectivity index (χ0v) is 14.5. The molecule has 2 aromatic carbocycles. The van der Waals surface area contributed by atoms with E-state index in [9.17, 15) is 14.4 Å². The van der Waals surface area contributed by atoms with Gasteiger partial charge in [0.1, 0.15) is 0 Å². The van der Waals surface area contributed by atoms with Crippen molar-refractivity contribution < 1.29 is 28.6 Å². The van der Waals surface area contributed by atoms with E-state index in [0.717, 1.165) is 5.56 Å². The third-order valence-corrected chi connectivity index (χ3v) is 3.44. The molecule has 2 aromatic rings. The average Bonchev–Trinajstić information content (AvgIpc) is 2.67. The lowest BCUT2D eigenvalue weighted by atomic mass is 10.1. The summed E-state index contributed by atoms with van der Waals surface area (Å²) in [6.45, 7) is -0.0362. The lowest BCUT2D eigenvalue weighted by molar-refractivity contribution is -0.119. The van der Waals surface area contributed by atoms with Gasteiger partial charge >= 0.3 is 11.9 Å². The molecular formula is C19H19NO6. The Morgan fingerprint density at radius 2 is 1.62 bits per heavy atom. The smallest absolute Gasteiger partial charge is 0.339 e. The quantitative estimate of drug-likeness (QED) is 0.765. The second-order valence-electron chi connectivity index (χ2n) is 5.29. The highest BCUT2D eigenvalue weighted by Gasteiger charge is 2.15. The van der Waals surface area contributed by atoms with Gasteiger partial charge in [0, 0.05) is 7.11 Å². The van der Waals surface area contributed by atoms with Crippen LogP contribution in [0.15, 0.2) is 48.5 Å². The van der Waals surface area contributed by atoms with Crippen LogP contribution in [0.1, 0.15) is 26.3 Å². The molecule has 0 spiro atoms. The lowest BCUT2D eigenvalue weighted by Gasteiger charge is -2.10. The molecule has 0 saturated heterocycles. The van der Waals surface area contributed by atoms with Gasteiger partial charge in [-0.2, -0.15) is 0 Å². The minimum absolute atomic E-state index is 0.211. The van der Waals surface area contributed by atoms with Crippen molar-refractivity contribution in [2.45, 2.75) is 6.61 Å². The van der Waals surface area contributed by atoms with Gasteiger partial charge in [0.15, 0.2) is 6.61 Å². The van der Waals surface area contributed by atoms with Crippen LogP contribution < -0.4 is 5.32 Å². The van der Waals surface area contributed by atoms with Gasteiger partial charge < -0.3 is 19.5 Å². The molecule has 0 saturated carbocycles. The Balaban J connectivity index is 1.92. The van der Waals surface area contributed by atoms with Crippen molar-refractivity contribution in [1.29, 1.82) is 0 Å². The van der Waals surface area contributed by atoms with Crippen LogP contribution in [-0.2, 0) is 25.6 Å². The summed E-state index contributed by atoms with van der Waals surface area (Å²) >= 11 is 0. The predicted molar refractivity (Wildman–Crippen MR) is 93.8 cm³/mol. The van der Waals surface area contributed by atoms with E-state index in [1.54, 1.807) is 49.6 Å². The normalized spacial score (nSPS) is 10.1. The number of nitrogens with one attached hydrogen (secondary N) is 1. The summed E-state index contributed by atoms with van der Waals surface area (Å²) < 4.78 is 14.6. The Kier molecular flexibility index (Phi) is 6.87. The maximum absolute atomic E-state index is 12.0. The monoisotopic (exact) mass is 357 g/mol. The van der Waals surface area contributed by atoms with Crippen molar-refractivity contribution in [3.05, 3.63) is 65.2 Å². The summed E-state index contributed by atoms with van der Waals surface area (Å²) in [6, 6.07) is 13.1. The number of hydrogen-bond donors (Lipinski definition) is 1. The number of para-hydroxylation sites is 1. The van der Waals surface area contributed by atoms with Crippen LogP contribution in [-0.4, -0.2) is 38.7 Å². The first-order chi connectivity index (χ1) is 12.5. The standard InChI is InChI=1S/C19H19NO6/c1-24-11-13-7-9-14(10-8-13)18(22)26-12-17(21)20-16-6-4-3-5-15(16)19(23)25-2/h3-10H,11-12H2,1-2H3,(H,20,21). The minimum atomic E-state index is -0.620. The summed E-state index contributed by atoms with van der Waals surface area (Å²) in [5.74, 6) is -1.76. The minimum Gasteiger partial charge on any atom is -0.465 e. The highest BCUT2D eigenvalue weighted by atomic mass is 16.5. The van der Waals surface area contributed by atoms with Crippen molar-refractivity contribution in [2.75, 3.05) is 26.1 Å². The van der Waals surface area contributed by atoms with Crippen LogP contribution in [0.25, 0.3) is 0 Å². The third-order valence-electron chi connectivity index (χ3n) is 3.44. The Labute approximate surface area is 150 Å². The van der Waals surface area contributed by atoms with Gasteiger partial charge in [0.25, 0.3) is 5.91 Å². The van der Waals surface area contributed by atoms with Crippen LogP contribution in [0, 0.1) is 0 Å². The first-order valence-corrected chi connectivity index (χ1v) is 7.77. The van der Waals surface area contributed by atoms with Crippen molar-refractivity contribution in [2.24, 2.45) is 0 Å². The number of methoxy groups -OCH3 is 2. The Morgan fingerprint density at radius 1 is 0.923 bits per heavy atom. The van der Waals surface area contributed by atoms with Gasteiger partial charge in [-0.15, -0.1) is 0 Å². The second-order valence-corrected chi connectivity index (χ2v) is 5.29. The third kappa shape index (κ3) is 5.15. The SMILES string of the molecule is COCc1ccc(C(=O)OCC(=O)Nc2ccccc2C(=O)OC)cc1. The van der Waals surface area contributed by atoms with Gasteiger partial charge in [-0.05, 0) is 29.8 Å². The van der Waals surface area contributed by atoms with Gasteiger partial charge in [0.2, 0.25) is 0 Å². The average molecular weight is 357 g/mol. The van der Waals surface area contributed by atoms with Crippen molar-refractivity contribution >= 4 is 23.5 Å². The Morgan fingerprint density at radius 3 is 2.27 bits per heavy atom. The maximum Gasteiger partial charge on any atom is 0.339 e. The molecule has 1 amide bonds. The van der Waals surface area contributed by atoms with Gasteiger partial charge in [-0.3, -0.25) is 4.79 Å². The van der Waals surface area contributed by atoms with Gasteiger partial charge in [-0.1, -0.05) is 24.3 Å². The molecule has 0 aromatic heterocycles. The molecule has 0 heterocycles. The molecule has 26 heavy (non-hydrogen) atoms. The molecule has 0 unspecified atom stereocenters. The number of anilines is 1. The first kappa shape index (κ1) is 19.1. The van der Waals surface area contributed by atoms with Crippen molar-refractivity contribution in [3.8, 4) is 0 Å². The number of carbonyl (C=O) groups excluding carboxylic acids is 3. The summed E-state index contributed by atoms with van der Waals surface area (Å²) in [7, 11) is 2.83. The largest absolute Gasteiger partial charge is 0.465 e. The molecule has 136 valence electrons. The summed E-state index contributed by atoms with van der Waals surface area (Å²) in [4.78, 5) is 35.7. The van der Waals surface area contributed by atoms with E-state index in [1.165, 1.54) is 13.2 Å². The van der Waals surface area contributed by atoms with E-state index < -0.39 is 24.5 Å². The molecule has 7 heteroatoms. The molecule has 0 bridgehead atoms. The van der Waals surface area contributed by atoms with Gasteiger partial charge in [-0.25, -0.2) is 9.59 Å². The number of esters is 2. The number of amides is 1. The van der Waals surface area contributed by atoms with Crippen LogP contribution >= 0.6 is 0 Å². The summed E-state index contributed by atoms with van der Waals surface area (Å²) in [5, 5.41) is 2.52. The molecule has 0 aliphatic carbocycles. The molecule has 0 aliphatic rings. The van der Waals surface area contributed by atoms with Crippen LogP contribution in [0.2, 0.25) is 0 Å². The molecule has 2 rings (SSSR count). The van der Waals surface area contributed by atoms with Crippen LogP contribution in [0.3, 0.4) is 0 Å². The molecule has 1 N–H and O–H groups in total. The number of hydrogen-bond acceptors (Lipinski definition) is 6. The second kappa shape index (κ2) is 9.33. The highest BCUT2D eigenvalue weighted by molar-refractivity contribution is 6.02. The fraction of sp³-hybridized carbons (Fsp3) is 0.211. The van der Waals surface area contributed by atoms with E-state index in [2.05, 4.69) is 10.1 Å². The lowest BCUT2D eigenvalue weighted by Crippen LogP contribution is -2.22. The number of benzene rings is 2. The maximum atomic E-state index is 12.0. The number of rotatable bonds is 7. The summed E-state index contributed by atoms with van der Waals surface area (Å²) in [5.41, 5.74) is 1.74. The van der Waals surface area contributed by atoms with E-state index in [1.807, 2.05) is 0 Å². The number of ether oxygens (including phenoxy) is 3. The fourth-order valence-electron chi connectivity index (χ4n) is 2.18. The summed E-state index contributed by atoms with van der Waals surface area (Å²) in [6.07, 6.45) is 0. The van der Waals surface area contributed by atoms with Gasteiger partial charge in [0.05, 0.1) is 30.5 Å². The number of carbonyl (C=O) groups is 3. The van der Waals surface area contributed by atoms with E-state index in [0.29, 0.717) is 12.2 Å². The predicted octanol–water partition coefficient (Wildman–Crippen LogP) is 2.42. The molecule has 0 aliphatic heterocycles. The Hall–Kier alpha value is -3.19. The molecule has 0 radical (unpaired) electrons. The zero-order chi connectivity index (χ0) is 18.9. The van der Waals surface area contributed by atoms with Crippen LogP contribution in [0.4, 0.5) is 5.69 Å². The fourth-order valence-corrected chi connectivity index (χ4v) is 2.18. The molecule has 0 fully saturated rings. The Bertz CT molecular complexity index is 785.